The van der Waals surface area contributed by atoms with Crippen LogP contribution < -0.4 is 0 Å². The van der Waals surface area contributed by atoms with E-state index in [0.717, 1.165) is 49.9 Å². The van der Waals surface area contributed by atoms with Crippen molar-refractivity contribution in [2.45, 2.75) is 135 Å². The van der Waals surface area contributed by atoms with E-state index in [1.165, 1.54) is 89.9 Å². The van der Waals surface area contributed by atoms with Crippen LogP contribution >= 0.6 is 0 Å². The zero-order valence-electron chi connectivity index (χ0n) is 22.7. The number of rotatable bonds is 19. The highest BCUT2D eigenvalue weighted by molar-refractivity contribution is 5.78. The molecular formula is C29H55N2O3+. The summed E-state index contributed by atoms with van der Waals surface area (Å²) >= 11 is 0. The van der Waals surface area contributed by atoms with Crippen molar-refractivity contribution in [1.82, 2.24) is 4.90 Å². The molecule has 0 N–H and O–H groups in total. The van der Waals surface area contributed by atoms with E-state index in [0.29, 0.717) is 19.4 Å². The van der Waals surface area contributed by atoms with Crippen molar-refractivity contribution in [1.29, 1.82) is 0 Å². The van der Waals surface area contributed by atoms with Gasteiger partial charge in [0.05, 0.1) is 26.7 Å². The lowest BCUT2D eigenvalue weighted by molar-refractivity contribution is -0.916. The van der Waals surface area contributed by atoms with Crippen LogP contribution in [0.2, 0.25) is 0 Å². The van der Waals surface area contributed by atoms with E-state index >= 15 is 0 Å². The first-order valence-electron chi connectivity index (χ1n) is 14.8. The summed E-state index contributed by atoms with van der Waals surface area (Å²) in [4.78, 5) is 26.7. The molecule has 0 aromatic rings. The van der Waals surface area contributed by atoms with Crippen LogP contribution in [-0.2, 0) is 14.3 Å². The summed E-state index contributed by atoms with van der Waals surface area (Å²) in [6.45, 7) is 6.82. The van der Waals surface area contributed by atoms with E-state index in [2.05, 4.69) is 14.0 Å². The topological polar surface area (TPSA) is 46.6 Å². The molecule has 1 amide bonds. The monoisotopic (exact) mass is 479 g/mol. The van der Waals surface area contributed by atoms with Crippen LogP contribution in [0.15, 0.2) is 0 Å². The third kappa shape index (κ3) is 12.6. The fourth-order valence-electron chi connectivity index (χ4n) is 5.76. The molecule has 0 aromatic carbocycles. The molecule has 2 aliphatic heterocycles. The third-order valence-electron chi connectivity index (χ3n) is 7.92. The minimum Gasteiger partial charge on any atom is -0.454 e. The first-order chi connectivity index (χ1) is 16.5. The first-order valence-corrected chi connectivity index (χ1v) is 14.8. The third-order valence-corrected chi connectivity index (χ3v) is 7.92. The van der Waals surface area contributed by atoms with Crippen molar-refractivity contribution >= 4 is 11.9 Å². The molecule has 1 atom stereocenters. The second-order valence-electron chi connectivity index (χ2n) is 11.4. The number of likely N-dealkylation sites (tertiary alicyclic amines) is 2. The molecule has 198 valence electrons. The number of quaternary nitrogens is 1. The SMILES string of the molecule is CCCCCCCCCCCCCCCC(=O)O[C@H](CN1CCCC1=O)C[N+]1(C)CCCCC1. The Morgan fingerprint density at radius 3 is 1.94 bits per heavy atom. The fraction of sp³-hybridized carbons (Fsp3) is 0.931. The van der Waals surface area contributed by atoms with Gasteiger partial charge in [-0.1, -0.05) is 84.0 Å². The Balaban J connectivity index is 1.57. The molecule has 0 saturated carbocycles. The Morgan fingerprint density at radius 1 is 0.853 bits per heavy atom. The Bertz CT molecular complexity index is 560. The minimum atomic E-state index is -0.167. The smallest absolute Gasteiger partial charge is 0.306 e. The molecule has 2 aliphatic rings. The molecule has 34 heavy (non-hydrogen) atoms. The molecule has 0 unspecified atom stereocenters. The number of likely N-dealkylation sites (N-methyl/N-ethyl adjacent to an activating group) is 1. The number of piperidine rings is 1. The molecule has 0 spiro atoms. The van der Waals surface area contributed by atoms with Crippen molar-refractivity contribution in [3.8, 4) is 0 Å². The van der Waals surface area contributed by atoms with Crippen LogP contribution in [-0.4, -0.2) is 67.1 Å². The van der Waals surface area contributed by atoms with E-state index in [9.17, 15) is 9.59 Å². The standard InChI is InChI=1S/C29H55N2O3/c1-3-4-5-6-7-8-9-10-11-12-13-14-16-21-29(33)34-27(25-30-22-19-20-28(30)32)26-31(2)23-17-15-18-24-31/h27H,3-26H2,1-2H3/q+1/t27-/m1/s1. The van der Waals surface area contributed by atoms with Gasteiger partial charge in [-0.15, -0.1) is 0 Å². The summed E-state index contributed by atoms with van der Waals surface area (Å²) in [6.07, 6.45) is 22.7. The van der Waals surface area contributed by atoms with Crippen LogP contribution in [0, 0.1) is 0 Å². The molecule has 5 nitrogen and oxygen atoms in total. The number of nitrogens with zero attached hydrogens (tertiary/aromatic N) is 2. The summed E-state index contributed by atoms with van der Waals surface area (Å²) in [6, 6.07) is 0. The second-order valence-corrected chi connectivity index (χ2v) is 11.4. The fourth-order valence-corrected chi connectivity index (χ4v) is 5.76. The zero-order valence-corrected chi connectivity index (χ0v) is 22.7. The van der Waals surface area contributed by atoms with Gasteiger partial charge in [-0.25, -0.2) is 0 Å². The van der Waals surface area contributed by atoms with Gasteiger partial charge in [-0.2, -0.15) is 0 Å². The van der Waals surface area contributed by atoms with Gasteiger partial charge in [-0.3, -0.25) is 9.59 Å². The maximum absolute atomic E-state index is 12.6. The summed E-state index contributed by atoms with van der Waals surface area (Å²) < 4.78 is 6.96. The van der Waals surface area contributed by atoms with Gasteiger partial charge in [-0.05, 0) is 32.1 Å². The highest BCUT2D eigenvalue weighted by Gasteiger charge is 2.33. The van der Waals surface area contributed by atoms with Gasteiger partial charge in [0.1, 0.15) is 6.54 Å². The lowest BCUT2D eigenvalue weighted by Crippen LogP contribution is -2.54. The van der Waals surface area contributed by atoms with Crippen LogP contribution in [0.1, 0.15) is 129 Å². The zero-order chi connectivity index (χ0) is 24.5. The molecule has 2 saturated heterocycles. The number of ether oxygens (including phenoxy) is 1. The molecular weight excluding hydrogens is 424 g/mol. The van der Waals surface area contributed by atoms with E-state index in [1.54, 1.807) is 0 Å². The number of amides is 1. The molecule has 2 heterocycles. The van der Waals surface area contributed by atoms with Gasteiger partial charge < -0.3 is 14.1 Å². The van der Waals surface area contributed by atoms with Crippen molar-refractivity contribution in [2.24, 2.45) is 0 Å². The number of unbranched alkanes of at least 4 members (excludes halogenated alkanes) is 12. The summed E-state index contributed by atoms with van der Waals surface area (Å²) in [5.41, 5.74) is 0. The van der Waals surface area contributed by atoms with Crippen molar-refractivity contribution in [3.05, 3.63) is 0 Å². The van der Waals surface area contributed by atoms with Crippen LogP contribution in [0.5, 0.6) is 0 Å². The van der Waals surface area contributed by atoms with Gasteiger partial charge in [0.25, 0.3) is 0 Å². The first kappa shape index (κ1) is 29.1. The van der Waals surface area contributed by atoms with Crippen molar-refractivity contribution < 1.29 is 18.8 Å². The largest absolute Gasteiger partial charge is 0.454 e. The van der Waals surface area contributed by atoms with Crippen molar-refractivity contribution in [3.63, 3.8) is 0 Å². The van der Waals surface area contributed by atoms with E-state index < -0.39 is 0 Å². The molecule has 5 heteroatoms. The molecule has 0 aliphatic carbocycles. The Morgan fingerprint density at radius 2 is 1.41 bits per heavy atom. The number of esters is 1. The average molecular weight is 480 g/mol. The highest BCUT2D eigenvalue weighted by Crippen LogP contribution is 2.20. The molecule has 0 aromatic heterocycles. The number of hydrogen-bond donors (Lipinski definition) is 0. The van der Waals surface area contributed by atoms with Crippen LogP contribution in [0.4, 0.5) is 0 Å². The van der Waals surface area contributed by atoms with E-state index in [4.69, 9.17) is 4.74 Å². The minimum absolute atomic E-state index is 0.0664. The van der Waals surface area contributed by atoms with Gasteiger partial charge >= 0.3 is 5.97 Å². The molecule has 2 fully saturated rings. The molecule has 0 bridgehead atoms. The van der Waals surface area contributed by atoms with Crippen LogP contribution in [0.3, 0.4) is 0 Å². The normalized spacial score (nSPS) is 18.9. The summed E-state index contributed by atoms with van der Waals surface area (Å²) in [7, 11) is 2.29. The van der Waals surface area contributed by atoms with E-state index in [1.807, 2.05) is 4.90 Å². The Hall–Kier alpha value is -1.10. The van der Waals surface area contributed by atoms with E-state index in [-0.39, 0.29) is 18.0 Å². The molecule has 0 radical (unpaired) electrons. The summed E-state index contributed by atoms with van der Waals surface area (Å²) in [5.74, 6) is 0.155. The number of carbonyl (C=O) groups is 2. The number of hydrogen-bond acceptors (Lipinski definition) is 3. The molecule has 2 rings (SSSR count). The second kappa shape index (κ2) is 17.3. The Kier molecular flexibility index (Phi) is 14.9. The predicted octanol–water partition coefficient (Wildman–Crippen LogP) is 6.63. The quantitative estimate of drug-likeness (QED) is 0.119. The maximum atomic E-state index is 12.6. The predicted molar refractivity (Wildman–Crippen MR) is 141 cm³/mol. The highest BCUT2D eigenvalue weighted by atomic mass is 16.5. The average Bonchev–Trinajstić information content (AvgIpc) is 3.21. The van der Waals surface area contributed by atoms with Gasteiger partial charge in [0.2, 0.25) is 5.91 Å². The van der Waals surface area contributed by atoms with Crippen LogP contribution in [0.25, 0.3) is 0 Å². The van der Waals surface area contributed by atoms with Crippen molar-refractivity contribution in [2.75, 3.05) is 39.8 Å². The van der Waals surface area contributed by atoms with Gasteiger partial charge in [0.15, 0.2) is 6.10 Å². The Labute approximate surface area is 210 Å². The lowest BCUT2D eigenvalue weighted by Gasteiger charge is -2.40. The van der Waals surface area contributed by atoms with Gasteiger partial charge in [0, 0.05) is 19.4 Å². The lowest BCUT2D eigenvalue weighted by atomic mass is 10.0. The maximum Gasteiger partial charge on any atom is 0.306 e. The number of carbonyl (C=O) groups excluding carboxylic acids is 2. The summed E-state index contributed by atoms with van der Waals surface area (Å²) in [5, 5.41) is 0.